The van der Waals surface area contributed by atoms with Crippen LogP contribution in [0.15, 0.2) is 23.3 Å². The lowest BCUT2D eigenvalue weighted by Crippen LogP contribution is -2.14. The third-order valence-electron chi connectivity index (χ3n) is 2.06. The Balaban J connectivity index is 2.73. The van der Waals surface area contributed by atoms with Crippen molar-refractivity contribution in [3.8, 4) is 11.5 Å². The molecule has 0 radical (unpaired) electrons. The van der Waals surface area contributed by atoms with Crippen LogP contribution < -0.4 is 15.3 Å². The maximum Gasteiger partial charge on any atom is 0.344 e. The average molecular weight is 252 g/mol. The molecule has 2 N–H and O–H groups in total. The predicted octanol–water partition coefficient (Wildman–Crippen LogP) is 0.930. The fourth-order valence-electron chi connectivity index (χ4n) is 1.31. The van der Waals surface area contributed by atoms with E-state index in [-0.39, 0.29) is 6.61 Å². The molecule has 0 unspecified atom stereocenters. The van der Waals surface area contributed by atoms with Crippen molar-refractivity contribution in [1.82, 2.24) is 0 Å². The van der Waals surface area contributed by atoms with Gasteiger partial charge in [0.05, 0.1) is 19.9 Å². The van der Waals surface area contributed by atoms with E-state index in [1.165, 1.54) is 13.3 Å². The molecule has 0 amide bonds. The lowest BCUT2D eigenvalue weighted by atomic mass is 10.2. The number of esters is 1. The van der Waals surface area contributed by atoms with Gasteiger partial charge >= 0.3 is 5.97 Å². The summed E-state index contributed by atoms with van der Waals surface area (Å²) in [6.45, 7) is 1.90. The summed E-state index contributed by atoms with van der Waals surface area (Å²) in [6, 6.07) is 5.13. The second-order valence-corrected chi connectivity index (χ2v) is 3.28. The molecule has 0 saturated heterocycles. The number of hydrogen-bond donors (Lipinski definition) is 1. The van der Waals surface area contributed by atoms with Gasteiger partial charge in [0.2, 0.25) is 0 Å². The number of hydrogen-bond acceptors (Lipinski definition) is 6. The topological polar surface area (TPSA) is 83.1 Å². The van der Waals surface area contributed by atoms with E-state index in [1.807, 2.05) is 0 Å². The molecule has 6 heteroatoms. The second kappa shape index (κ2) is 7.16. The summed E-state index contributed by atoms with van der Waals surface area (Å²) in [4.78, 5) is 11.2. The van der Waals surface area contributed by atoms with Gasteiger partial charge in [-0.05, 0) is 30.7 Å². The van der Waals surface area contributed by atoms with Crippen molar-refractivity contribution in [2.75, 3.05) is 20.3 Å². The van der Waals surface area contributed by atoms with Crippen LogP contribution in [0.3, 0.4) is 0 Å². The number of rotatable bonds is 6. The fourth-order valence-corrected chi connectivity index (χ4v) is 1.31. The largest absolute Gasteiger partial charge is 0.493 e. The highest BCUT2D eigenvalue weighted by atomic mass is 16.6. The van der Waals surface area contributed by atoms with Gasteiger partial charge in [0, 0.05) is 0 Å². The van der Waals surface area contributed by atoms with Gasteiger partial charge in [-0.2, -0.15) is 5.10 Å². The van der Waals surface area contributed by atoms with Crippen molar-refractivity contribution < 1.29 is 19.0 Å². The first-order valence-electron chi connectivity index (χ1n) is 5.41. The highest BCUT2D eigenvalue weighted by Crippen LogP contribution is 2.27. The molecule has 1 aromatic carbocycles. The molecule has 6 nitrogen and oxygen atoms in total. The predicted molar refractivity (Wildman–Crippen MR) is 66.9 cm³/mol. The van der Waals surface area contributed by atoms with Crippen molar-refractivity contribution in [1.29, 1.82) is 0 Å². The Morgan fingerprint density at radius 2 is 2.22 bits per heavy atom. The zero-order valence-corrected chi connectivity index (χ0v) is 10.4. The molecule has 0 saturated carbocycles. The summed E-state index contributed by atoms with van der Waals surface area (Å²) < 4.78 is 15.2. The van der Waals surface area contributed by atoms with Gasteiger partial charge in [-0.3, -0.25) is 0 Å². The van der Waals surface area contributed by atoms with E-state index < -0.39 is 5.97 Å². The van der Waals surface area contributed by atoms with E-state index in [0.29, 0.717) is 18.1 Å². The Kier molecular flexibility index (Phi) is 5.50. The van der Waals surface area contributed by atoms with Gasteiger partial charge < -0.3 is 20.1 Å². The van der Waals surface area contributed by atoms with Crippen LogP contribution in [0.1, 0.15) is 12.5 Å². The summed E-state index contributed by atoms with van der Waals surface area (Å²) in [5.41, 5.74) is 0.776. The molecule has 0 fully saturated rings. The molecule has 1 rings (SSSR count). The van der Waals surface area contributed by atoms with Crippen LogP contribution in [0.4, 0.5) is 0 Å². The molecule has 0 atom stereocenters. The Hall–Kier alpha value is -2.24. The summed E-state index contributed by atoms with van der Waals surface area (Å²) >= 11 is 0. The van der Waals surface area contributed by atoms with Crippen molar-refractivity contribution in [3.05, 3.63) is 23.8 Å². The van der Waals surface area contributed by atoms with Crippen LogP contribution in [0, 0.1) is 0 Å². The SMILES string of the molecule is CCOC(=O)COc1ccc(C=NN)cc1OC. The maximum absolute atomic E-state index is 11.2. The van der Waals surface area contributed by atoms with Gasteiger partial charge in [0.1, 0.15) is 0 Å². The molecule has 0 bridgehead atoms. The van der Waals surface area contributed by atoms with Crippen LogP contribution in [0.5, 0.6) is 11.5 Å². The van der Waals surface area contributed by atoms with Crippen molar-refractivity contribution in [3.63, 3.8) is 0 Å². The molecule has 0 aliphatic rings. The number of ether oxygens (including phenoxy) is 3. The van der Waals surface area contributed by atoms with Crippen LogP contribution in [0.25, 0.3) is 0 Å². The number of carbonyl (C=O) groups excluding carboxylic acids is 1. The molecule has 1 aromatic rings. The molecule has 0 aliphatic heterocycles. The van der Waals surface area contributed by atoms with E-state index >= 15 is 0 Å². The van der Waals surface area contributed by atoms with Gasteiger partial charge in [-0.1, -0.05) is 0 Å². The third-order valence-corrected chi connectivity index (χ3v) is 2.06. The normalized spacial score (nSPS) is 10.3. The van der Waals surface area contributed by atoms with Gasteiger partial charge in [-0.15, -0.1) is 0 Å². The quantitative estimate of drug-likeness (QED) is 0.352. The smallest absolute Gasteiger partial charge is 0.344 e. The van der Waals surface area contributed by atoms with Gasteiger partial charge in [-0.25, -0.2) is 4.79 Å². The van der Waals surface area contributed by atoms with Crippen LogP contribution >= 0.6 is 0 Å². The zero-order chi connectivity index (χ0) is 13.4. The minimum atomic E-state index is -0.424. The number of methoxy groups -OCH3 is 1. The number of nitrogens with two attached hydrogens (primary N) is 1. The molecular formula is C12H16N2O4. The van der Waals surface area contributed by atoms with Crippen LogP contribution in [0.2, 0.25) is 0 Å². The Morgan fingerprint density at radius 1 is 1.44 bits per heavy atom. The van der Waals surface area contributed by atoms with Crippen molar-refractivity contribution in [2.24, 2.45) is 10.9 Å². The number of hydrazone groups is 1. The Bertz CT molecular complexity index is 432. The molecule has 0 aromatic heterocycles. The van der Waals surface area contributed by atoms with Gasteiger partial charge in [0.15, 0.2) is 18.1 Å². The van der Waals surface area contributed by atoms with E-state index in [0.717, 1.165) is 5.56 Å². The first-order valence-corrected chi connectivity index (χ1v) is 5.41. The first-order chi connectivity index (χ1) is 8.71. The van der Waals surface area contributed by atoms with E-state index in [4.69, 9.17) is 20.1 Å². The fraction of sp³-hybridized carbons (Fsp3) is 0.333. The van der Waals surface area contributed by atoms with Crippen LogP contribution in [-0.4, -0.2) is 32.5 Å². The standard InChI is InChI=1S/C12H16N2O4/c1-3-17-12(15)8-18-10-5-4-9(7-14-13)6-11(10)16-2/h4-7H,3,8,13H2,1-2H3. The summed E-state index contributed by atoms with van der Waals surface area (Å²) in [5.74, 6) is 5.59. The second-order valence-electron chi connectivity index (χ2n) is 3.28. The molecule has 98 valence electrons. The van der Waals surface area contributed by atoms with Crippen molar-refractivity contribution in [2.45, 2.75) is 6.92 Å². The lowest BCUT2D eigenvalue weighted by Gasteiger charge is -2.10. The maximum atomic E-state index is 11.2. The molecule has 18 heavy (non-hydrogen) atoms. The Labute approximate surface area is 105 Å². The highest BCUT2D eigenvalue weighted by molar-refractivity contribution is 5.80. The van der Waals surface area contributed by atoms with E-state index in [2.05, 4.69) is 5.10 Å². The van der Waals surface area contributed by atoms with E-state index in [1.54, 1.807) is 25.1 Å². The average Bonchev–Trinajstić information content (AvgIpc) is 2.37. The first kappa shape index (κ1) is 13.8. The minimum Gasteiger partial charge on any atom is -0.493 e. The Morgan fingerprint density at radius 3 is 2.83 bits per heavy atom. The highest BCUT2D eigenvalue weighted by Gasteiger charge is 2.08. The number of benzene rings is 1. The number of nitrogens with zero attached hydrogens (tertiary/aromatic N) is 1. The molecular weight excluding hydrogens is 236 g/mol. The summed E-state index contributed by atoms with van der Waals surface area (Å²) in [5, 5.41) is 3.41. The van der Waals surface area contributed by atoms with Crippen molar-refractivity contribution >= 4 is 12.2 Å². The minimum absolute atomic E-state index is 0.158. The van der Waals surface area contributed by atoms with E-state index in [9.17, 15) is 4.79 Å². The summed E-state index contributed by atoms with van der Waals surface area (Å²) in [6.07, 6.45) is 1.48. The zero-order valence-electron chi connectivity index (χ0n) is 10.4. The molecule has 0 spiro atoms. The summed E-state index contributed by atoms with van der Waals surface area (Å²) in [7, 11) is 1.51. The molecule has 0 heterocycles. The van der Waals surface area contributed by atoms with Gasteiger partial charge in [0.25, 0.3) is 0 Å². The number of carbonyl (C=O) groups is 1. The lowest BCUT2D eigenvalue weighted by molar-refractivity contribution is -0.145. The third kappa shape index (κ3) is 3.97. The van der Waals surface area contributed by atoms with Crippen LogP contribution in [-0.2, 0) is 9.53 Å². The molecule has 0 aliphatic carbocycles. The monoisotopic (exact) mass is 252 g/mol.